The van der Waals surface area contributed by atoms with Gasteiger partial charge in [-0.15, -0.1) is 0 Å². The van der Waals surface area contributed by atoms with Crippen LogP contribution in [0.5, 0.6) is 0 Å². The highest BCUT2D eigenvalue weighted by atomic mass is 79.9. The molecule has 0 bridgehead atoms. The maximum absolute atomic E-state index is 11.8. The lowest BCUT2D eigenvalue weighted by Crippen LogP contribution is -2.37. The van der Waals surface area contributed by atoms with Crippen LogP contribution in [0.1, 0.15) is 19.3 Å². The zero-order valence-corrected chi connectivity index (χ0v) is 10.3. The van der Waals surface area contributed by atoms with Crippen LogP contribution in [0.15, 0.2) is 0 Å². The Labute approximate surface area is 93.9 Å². The molecule has 3 nitrogen and oxygen atoms in total. The van der Waals surface area contributed by atoms with Gasteiger partial charge in [-0.25, -0.2) is 0 Å². The lowest BCUT2D eigenvalue weighted by molar-refractivity contribution is -0.138. The fourth-order valence-electron chi connectivity index (χ4n) is 1.65. The van der Waals surface area contributed by atoms with Crippen molar-refractivity contribution in [1.29, 1.82) is 0 Å². The number of rotatable bonds is 4. The van der Waals surface area contributed by atoms with Crippen LogP contribution in [0.4, 0.5) is 0 Å². The molecule has 0 aliphatic carbocycles. The van der Waals surface area contributed by atoms with Crippen molar-refractivity contribution in [2.24, 2.45) is 5.92 Å². The lowest BCUT2D eigenvalue weighted by Gasteiger charge is -2.26. The molecule has 0 aromatic heterocycles. The number of carbonyl (C=O) groups is 1. The van der Waals surface area contributed by atoms with Crippen LogP contribution in [0.25, 0.3) is 0 Å². The number of ether oxygens (including phenoxy) is 1. The van der Waals surface area contributed by atoms with E-state index in [2.05, 4.69) is 15.9 Å². The van der Waals surface area contributed by atoms with Crippen LogP contribution in [0.2, 0.25) is 0 Å². The quantitative estimate of drug-likeness (QED) is 0.723. The summed E-state index contributed by atoms with van der Waals surface area (Å²) in [5, 5.41) is 0.950. The van der Waals surface area contributed by atoms with Gasteiger partial charge in [0, 0.05) is 25.5 Å². The Hall–Kier alpha value is -0.0900. The first-order valence-corrected chi connectivity index (χ1v) is 6.26. The molecule has 0 aromatic carbocycles. The Kier molecular flexibility index (Phi) is 5.48. The Morgan fingerprint density at radius 1 is 1.64 bits per heavy atom. The van der Waals surface area contributed by atoms with Crippen LogP contribution in [0, 0.1) is 5.92 Å². The van der Waals surface area contributed by atoms with Crippen LogP contribution in [0.3, 0.4) is 0 Å². The number of hydrogen-bond donors (Lipinski definition) is 0. The molecule has 0 spiro atoms. The number of hydrogen-bond acceptors (Lipinski definition) is 2. The van der Waals surface area contributed by atoms with Gasteiger partial charge < -0.3 is 9.64 Å². The molecule has 1 atom stereocenters. The smallest absolute Gasteiger partial charge is 0.227 e. The van der Waals surface area contributed by atoms with Gasteiger partial charge in [-0.2, -0.15) is 0 Å². The minimum absolute atomic E-state index is 0.101. The third-order valence-electron chi connectivity index (χ3n) is 2.51. The number of nitrogens with zero attached hydrogens (tertiary/aromatic N) is 1. The molecule has 0 saturated carbocycles. The van der Waals surface area contributed by atoms with E-state index >= 15 is 0 Å². The molecule has 4 heteroatoms. The molecule has 1 heterocycles. The van der Waals surface area contributed by atoms with Crippen LogP contribution >= 0.6 is 15.9 Å². The maximum Gasteiger partial charge on any atom is 0.227 e. The van der Waals surface area contributed by atoms with Gasteiger partial charge in [-0.1, -0.05) is 15.9 Å². The average molecular weight is 264 g/mol. The Morgan fingerprint density at radius 2 is 2.43 bits per heavy atom. The van der Waals surface area contributed by atoms with E-state index in [0.29, 0.717) is 6.61 Å². The molecule has 1 fully saturated rings. The van der Waals surface area contributed by atoms with E-state index in [4.69, 9.17) is 4.74 Å². The molecule has 0 aromatic rings. The van der Waals surface area contributed by atoms with E-state index in [0.717, 1.165) is 37.7 Å². The summed E-state index contributed by atoms with van der Waals surface area (Å²) >= 11 is 3.36. The van der Waals surface area contributed by atoms with E-state index in [1.165, 1.54) is 0 Å². The van der Waals surface area contributed by atoms with Crippen LogP contribution in [-0.2, 0) is 9.53 Å². The van der Waals surface area contributed by atoms with Gasteiger partial charge in [0.2, 0.25) is 5.91 Å². The SMILES string of the molecule is CN(CCCBr)C(=O)C1CCCOC1. The summed E-state index contributed by atoms with van der Waals surface area (Å²) < 4.78 is 5.30. The Balaban J connectivity index is 2.30. The molecular formula is C10H18BrNO2. The first-order chi connectivity index (χ1) is 6.75. The highest BCUT2D eigenvalue weighted by Gasteiger charge is 2.24. The zero-order chi connectivity index (χ0) is 10.4. The van der Waals surface area contributed by atoms with E-state index in [1.807, 2.05) is 11.9 Å². The van der Waals surface area contributed by atoms with Crippen molar-refractivity contribution in [1.82, 2.24) is 4.90 Å². The van der Waals surface area contributed by atoms with Crippen LogP contribution in [-0.4, -0.2) is 42.9 Å². The van der Waals surface area contributed by atoms with Crippen molar-refractivity contribution in [3.63, 3.8) is 0 Å². The zero-order valence-electron chi connectivity index (χ0n) is 8.67. The molecule has 0 N–H and O–H groups in total. The van der Waals surface area contributed by atoms with Gasteiger partial charge in [-0.05, 0) is 19.3 Å². The van der Waals surface area contributed by atoms with Gasteiger partial charge in [-0.3, -0.25) is 4.79 Å². The molecule has 1 amide bonds. The summed E-state index contributed by atoms with van der Waals surface area (Å²) in [5.41, 5.74) is 0. The molecule has 1 rings (SSSR count). The van der Waals surface area contributed by atoms with Crippen molar-refractivity contribution in [2.75, 3.05) is 32.1 Å². The fraction of sp³-hybridized carbons (Fsp3) is 0.900. The number of alkyl halides is 1. The predicted octanol–water partition coefficient (Wildman–Crippen LogP) is 1.66. The highest BCUT2D eigenvalue weighted by molar-refractivity contribution is 9.09. The second-order valence-corrected chi connectivity index (χ2v) is 4.51. The third-order valence-corrected chi connectivity index (χ3v) is 3.07. The second kappa shape index (κ2) is 6.40. The topological polar surface area (TPSA) is 29.5 Å². The van der Waals surface area contributed by atoms with E-state index < -0.39 is 0 Å². The summed E-state index contributed by atoms with van der Waals surface area (Å²) in [4.78, 5) is 13.7. The maximum atomic E-state index is 11.8. The molecule has 1 aliphatic heterocycles. The third kappa shape index (κ3) is 3.58. The highest BCUT2D eigenvalue weighted by Crippen LogP contribution is 2.15. The van der Waals surface area contributed by atoms with Gasteiger partial charge in [0.05, 0.1) is 12.5 Å². The Morgan fingerprint density at radius 3 is 3.00 bits per heavy atom. The summed E-state index contributed by atoms with van der Waals surface area (Å²) in [7, 11) is 1.87. The first-order valence-electron chi connectivity index (χ1n) is 5.14. The summed E-state index contributed by atoms with van der Waals surface area (Å²) in [6, 6.07) is 0. The summed E-state index contributed by atoms with van der Waals surface area (Å²) in [6.07, 6.45) is 3.01. The molecule has 14 heavy (non-hydrogen) atoms. The summed E-state index contributed by atoms with van der Waals surface area (Å²) in [6.45, 7) is 2.26. The van der Waals surface area contributed by atoms with Gasteiger partial charge in [0.25, 0.3) is 0 Å². The van der Waals surface area contributed by atoms with Gasteiger partial charge >= 0.3 is 0 Å². The summed E-state index contributed by atoms with van der Waals surface area (Å²) in [5.74, 6) is 0.342. The van der Waals surface area contributed by atoms with Crippen molar-refractivity contribution >= 4 is 21.8 Å². The van der Waals surface area contributed by atoms with Crippen LogP contribution < -0.4 is 0 Å². The normalized spacial score (nSPS) is 22.0. The number of halogens is 1. The first kappa shape index (κ1) is 12.0. The predicted molar refractivity (Wildman–Crippen MR) is 59.6 cm³/mol. The van der Waals surface area contributed by atoms with E-state index in [9.17, 15) is 4.79 Å². The molecule has 1 unspecified atom stereocenters. The molecule has 1 aliphatic rings. The monoisotopic (exact) mass is 263 g/mol. The minimum Gasteiger partial charge on any atom is -0.381 e. The molecule has 82 valence electrons. The number of carbonyl (C=O) groups excluding carboxylic acids is 1. The Bertz CT molecular complexity index is 181. The largest absolute Gasteiger partial charge is 0.381 e. The molecule has 0 radical (unpaired) electrons. The minimum atomic E-state index is 0.101. The fourth-order valence-corrected chi connectivity index (χ4v) is 1.91. The van der Waals surface area contributed by atoms with Crippen molar-refractivity contribution < 1.29 is 9.53 Å². The van der Waals surface area contributed by atoms with Gasteiger partial charge in [0.1, 0.15) is 0 Å². The molecular weight excluding hydrogens is 246 g/mol. The van der Waals surface area contributed by atoms with Gasteiger partial charge in [0.15, 0.2) is 0 Å². The van der Waals surface area contributed by atoms with E-state index in [-0.39, 0.29) is 11.8 Å². The standard InChI is InChI=1S/C10H18BrNO2/c1-12(6-3-5-11)10(13)9-4-2-7-14-8-9/h9H,2-8H2,1H3. The van der Waals surface area contributed by atoms with E-state index in [1.54, 1.807) is 0 Å². The number of amides is 1. The van der Waals surface area contributed by atoms with Crippen molar-refractivity contribution in [2.45, 2.75) is 19.3 Å². The van der Waals surface area contributed by atoms with Crippen molar-refractivity contribution in [3.05, 3.63) is 0 Å². The second-order valence-electron chi connectivity index (χ2n) is 3.72. The lowest BCUT2D eigenvalue weighted by atomic mass is 10.0. The van der Waals surface area contributed by atoms with Crippen molar-refractivity contribution in [3.8, 4) is 0 Å². The average Bonchev–Trinajstić information content (AvgIpc) is 2.26. The molecule has 1 saturated heterocycles.